The predicted octanol–water partition coefficient (Wildman–Crippen LogP) is 5.33. The fourth-order valence-corrected chi connectivity index (χ4v) is 8.03. The zero-order valence-electron chi connectivity index (χ0n) is 15.8. The topological polar surface area (TPSA) is 18.5 Å². The Morgan fingerprint density at radius 1 is 0.958 bits per heavy atom. The third-order valence-corrected chi connectivity index (χ3v) is 9.39. The summed E-state index contributed by atoms with van der Waals surface area (Å²) in [6, 6.07) is 0. The van der Waals surface area contributed by atoms with Gasteiger partial charge in [0.2, 0.25) is 0 Å². The normalized spacial score (nSPS) is 52.5. The summed E-state index contributed by atoms with van der Waals surface area (Å²) in [5, 5.41) is 0. The second-order valence-corrected chi connectivity index (χ2v) is 9.95. The number of allylic oxidation sites excluding steroid dienone is 2. The van der Waals surface area contributed by atoms with Gasteiger partial charge in [-0.1, -0.05) is 25.5 Å². The van der Waals surface area contributed by atoms with Gasteiger partial charge in [-0.2, -0.15) is 0 Å². The molecule has 0 amide bonds. The van der Waals surface area contributed by atoms with Crippen molar-refractivity contribution in [1.29, 1.82) is 0 Å². The summed E-state index contributed by atoms with van der Waals surface area (Å²) < 4.78 is 12.6. The van der Waals surface area contributed by atoms with Crippen LogP contribution in [0.3, 0.4) is 0 Å². The Balaban J connectivity index is 1.48. The Morgan fingerprint density at radius 3 is 2.54 bits per heavy atom. The van der Waals surface area contributed by atoms with Gasteiger partial charge in [-0.15, -0.1) is 0 Å². The highest BCUT2D eigenvalue weighted by Crippen LogP contribution is 2.68. The van der Waals surface area contributed by atoms with Gasteiger partial charge in [-0.3, -0.25) is 0 Å². The fourth-order valence-electron chi connectivity index (χ4n) is 8.03. The largest absolute Gasteiger partial charge is 0.347 e. The molecule has 134 valence electrons. The van der Waals surface area contributed by atoms with Crippen molar-refractivity contribution in [2.45, 2.75) is 77.9 Å². The van der Waals surface area contributed by atoms with Crippen molar-refractivity contribution < 1.29 is 9.47 Å². The molecule has 1 spiro atoms. The molecule has 5 aliphatic rings. The third kappa shape index (κ3) is 1.85. The van der Waals surface area contributed by atoms with E-state index in [9.17, 15) is 0 Å². The van der Waals surface area contributed by atoms with E-state index in [0.717, 1.165) is 37.4 Å². The van der Waals surface area contributed by atoms with Gasteiger partial charge in [0.1, 0.15) is 0 Å². The first-order valence-corrected chi connectivity index (χ1v) is 10.4. The van der Waals surface area contributed by atoms with E-state index in [-0.39, 0.29) is 5.79 Å². The smallest absolute Gasteiger partial charge is 0.171 e. The second-order valence-electron chi connectivity index (χ2n) is 9.95. The molecule has 3 saturated carbocycles. The van der Waals surface area contributed by atoms with Gasteiger partial charge in [0.25, 0.3) is 0 Å². The van der Waals surface area contributed by atoms with Gasteiger partial charge in [-0.25, -0.2) is 0 Å². The van der Waals surface area contributed by atoms with Gasteiger partial charge in [-0.05, 0) is 80.5 Å². The quantitative estimate of drug-likeness (QED) is 0.559. The van der Waals surface area contributed by atoms with Crippen LogP contribution in [0.4, 0.5) is 0 Å². The molecule has 0 N–H and O–H groups in total. The van der Waals surface area contributed by atoms with Crippen molar-refractivity contribution in [2.75, 3.05) is 13.2 Å². The molecule has 0 aromatic rings. The van der Waals surface area contributed by atoms with Crippen molar-refractivity contribution >= 4 is 0 Å². The van der Waals surface area contributed by atoms with Crippen LogP contribution in [0.1, 0.15) is 72.1 Å². The van der Waals surface area contributed by atoms with Crippen LogP contribution in [0.15, 0.2) is 11.6 Å². The van der Waals surface area contributed by atoms with E-state index in [2.05, 4.69) is 26.8 Å². The first-order chi connectivity index (χ1) is 11.5. The standard InChI is InChI=1S/C22H34O2/c1-15-5-7-17-16-6-8-19-21(3,18(16)9-12-20(15,17)2)10-4-11-22(19)23-13-14-24-22/h5,16-19H,4,6-14H2,1-3H3/t16?,17?,18-,19?,20?,21?/m0/s1. The van der Waals surface area contributed by atoms with Gasteiger partial charge in [0.15, 0.2) is 5.79 Å². The molecule has 1 aliphatic heterocycles. The minimum absolute atomic E-state index is 0.220. The van der Waals surface area contributed by atoms with E-state index >= 15 is 0 Å². The monoisotopic (exact) mass is 330 g/mol. The summed E-state index contributed by atoms with van der Waals surface area (Å²) in [5.74, 6) is 3.12. The van der Waals surface area contributed by atoms with Crippen LogP contribution < -0.4 is 0 Å². The molecule has 0 radical (unpaired) electrons. The predicted molar refractivity (Wildman–Crippen MR) is 95.5 cm³/mol. The number of ether oxygens (including phenoxy) is 2. The minimum atomic E-state index is -0.220. The highest BCUT2D eigenvalue weighted by molar-refractivity contribution is 5.24. The zero-order valence-corrected chi connectivity index (χ0v) is 15.8. The van der Waals surface area contributed by atoms with Crippen LogP contribution in [0.5, 0.6) is 0 Å². The highest BCUT2D eigenvalue weighted by atomic mass is 16.7. The highest BCUT2D eigenvalue weighted by Gasteiger charge is 2.63. The molecule has 4 aliphatic carbocycles. The van der Waals surface area contributed by atoms with E-state index in [0.29, 0.717) is 16.7 Å². The molecule has 2 heteroatoms. The lowest BCUT2D eigenvalue weighted by Crippen LogP contribution is -2.59. The average molecular weight is 331 g/mol. The summed E-state index contributed by atoms with van der Waals surface area (Å²) in [7, 11) is 0. The Labute approximate surface area is 147 Å². The molecule has 4 fully saturated rings. The minimum Gasteiger partial charge on any atom is -0.347 e. The van der Waals surface area contributed by atoms with Crippen LogP contribution in [0.25, 0.3) is 0 Å². The average Bonchev–Trinajstić information content (AvgIpc) is 3.13. The lowest BCUT2D eigenvalue weighted by atomic mass is 9.44. The summed E-state index contributed by atoms with van der Waals surface area (Å²) in [6.07, 6.45) is 13.3. The van der Waals surface area contributed by atoms with Crippen LogP contribution in [-0.4, -0.2) is 19.0 Å². The van der Waals surface area contributed by atoms with Crippen molar-refractivity contribution in [3.05, 3.63) is 11.6 Å². The molecule has 6 atom stereocenters. The SMILES string of the molecule is CC1=CCC2C3CCC4C5(CCCC4(C)[C@H]3CCC12C)OCCO5. The van der Waals surface area contributed by atoms with Crippen LogP contribution in [-0.2, 0) is 9.47 Å². The Hall–Kier alpha value is -0.340. The van der Waals surface area contributed by atoms with Gasteiger partial charge in [0, 0.05) is 12.3 Å². The van der Waals surface area contributed by atoms with Crippen molar-refractivity contribution in [1.82, 2.24) is 0 Å². The Bertz CT molecular complexity index is 560. The lowest BCUT2D eigenvalue weighted by Gasteiger charge is -2.63. The van der Waals surface area contributed by atoms with Crippen LogP contribution in [0, 0.1) is 34.5 Å². The summed E-state index contributed by atoms with van der Waals surface area (Å²) in [4.78, 5) is 0. The van der Waals surface area contributed by atoms with Gasteiger partial charge in [0.05, 0.1) is 13.2 Å². The Kier molecular flexibility index (Phi) is 3.37. The van der Waals surface area contributed by atoms with Gasteiger partial charge < -0.3 is 9.47 Å². The number of fused-ring (bicyclic) bond motifs is 6. The molecule has 1 saturated heterocycles. The van der Waals surface area contributed by atoms with E-state index in [4.69, 9.17) is 9.47 Å². The zero-order chi connectivity index (χ0) is 16.6. The van der Waals surface area contributed by atoms with E-state index in [1.807, 2.05) is 0 Å². The number of hydrogen-bond acceptors (Lipinski definition) is 2. The van der Waals surface area contributed by atoms with Crippen LogP contribution >= 0.6 is 0 Å². The lowest BCUT2D eigenvalue weighted by molar-refractivity contribution is -0.272. The second kappa shape index (κ2) is 5.10. The summed E-state index contributed by atoms with van der Waals surface area (Å²) in [5.41, 5.74) is 2.61. The number of hydrogen-bond donors (Lipinski definition) is 0. The first-order valence-electron chi connectivity index (χ1n) is 10.4. The molecule has 0 aromatic carbocycles. The summed E-state index contributed by atoms with van der Waals surface area (Å²) >= 11 is 0. The molecule has 5 rings (SSSR count). The Morgan fingerprint density at radius 2 is 1.75 bits per heavy atom. The van der Waals surface area contributed by atoms with Crippen LogP contribution in [0.2, 0.25) is 0 Å². The first kappa shape index (κ1) is 15.9. The molecule has 24 heavy (non-hydrogen) atoms. The molecule has 2 nitrogen and oxygen atoms in total. The van der Waals surface area contributed by atoms with Gasteiger partial charge >= 0.3 is 0 Å². The maximum Gasteiger partial charge on any atom is 0.171 e. The molecule has 1 heterocycles. The van der Waals surface area contributed by atoms with Crippen molar-refractivity contribution in [2.24, 2.45) is 34.5 Å². The van der Waals surface area contributed by atoms with E-state index < -0.39 is 0 Å². The fraction of sp³-hybridized carbons (Fsp3) is 0.909. The number of rotatable bonds is 0. The summed E-state index contributed by atoms with van der Waals surface area (Å²) in [6.45, 7) is 9.18. The van der Waals surface area contributed by atoms with Crippen molar-refractivity contribution in [3.63, 3.8) is 0 Å². The third-order valence-electron chi connectivity index (χ3n) is 9.39. The molecular weight excluding hydrogens is 296 g/mol. The molecule has 0 bridgehead atoms. The van der Waals surface area contributed by atoms with Crippen molar-refractivity contribution in [3.8, 4) is 0 Å². The maximum absolute atomic E-state index is 6.29. The molecule has 0 aromatic heterocycles. The van der Waals surface area contributed by atoms with E-state index in [1.165, 1.54) is 44.9 Å². The molecule has 5 unspecified atom stereocenters. The van der Waals surface area contributed by atoms with E-state index in [1.54, 1.807) is 5.57 Å². The maximum atomic E-state index is 6.29. The molecular formula is C22H34O2.